The van der Waals surface area contributed by atoms with Gasteiger partial charge in [-0.05, 0) is 85.7 Å². The Labute approximate surface area is 188 Å². The smallest absolute Gasteiger partial charge is 0.290 e. The molecule has 0 atom stereocenters. The first-order valence-electron chi connectivity index (χ1n) is 11.5. The van der Waals surface area contributed by atoms with Gasteiger partial charge in [-0.25, -0.2) is 0 Å². The zero-order valence-electron chi connectivity index (χ0n) is 18.5. The summed E-state index contributed by atoms with van der Waals surface area (Å²) in [6.07, 6.45) is 5.98. The van der Waals surface area contributed by atoms with Gasteiger partial charge in [0.25, 0.3) is 5.91 Å². The maximum Gasteiger partial charge on any atom is 0.290 e. The number of hydrogen-bond acceptors (Lipinski definition) is 4. The van der Waals surface area contributed by atoms with Crippen molar-refractivity contribution in [2.24, 2.45) is 5.92 Å². The third-order valence-electron chi connectivity index (χ3n) is 6.43. The molecule has 2 aromatic carbocycles. The lowest BCUT2D eigenvalue weighted by Gasteiger charge is -2.25. The van der Waals surface area contributed by atoms with E-state index in [1.165, 1.54) is 19.3 Å². The van der Waals surface area contributed by atoms with Crippen molar-refractivity contribution in [3.8, 4) is 22.8 Å². The van der Waals surface area contributed by atoms with E-state index in [9.17, 15) is 4.79 Å². The Morgan fingerprint density at radius 2 is 1.66 bits per heavy atom. The second-order valence-corrected chi connectivity index (χ2v) is 8.81. The van der Waals surface area contributed by atoms with E-state index in [1.54, 1.807) is 13.2 Å². The maximum atomic E-state index is 13.2. The van der Waals surface area contributed by atoms with Gasteiger partial charge in [-0.1, -0.05) is 18.6 Å². The summed E-state index contributed by atoms with van der Waals surface area (Å²) in [5.41, 5.74) is 2.02. The molecular weight excluding hydrogens is 402 g/mol. The van der Waals surface area contributed by atoms with Crippen LogP contribution in [0.15, 0.2) is 65.1 Å². The van der Waals surface area contributed by atoms with Crippen LogP contribution >= 0.6 is 0 Å². The Kier molecular flexibility index (Phi) is 5.89. The van der Waals surface area contributed by atoms with Crippen LogP contribution in [0.1, 0.15) is 48.2 Å². The molecule has 0 saturated heterocycles. The zero-order chi connectivity index (χ0) is 21.9. The third kappa shape index (κ3) is 4.67. The summed E-state index contributed by atoms with van der Waals surface area (Å²) in [4.78, 5) is 15.2. The molecule has 2 aliphatic rings. The normalized spacial score (nSPS) is 15.8. The van der Waals surface area contributed by atoms with E-state index in [1.807, 2.05) is 47.4 Å². The average molecular weight is 432 g/mol. The van der Waals surface area contributed by atoms with Crippen LogP contribution < -0.4 is 9.47 Å². The van der Waals surface area contributed by atoms with Crippen molar-refractivity contribution >= 4 is 5.91 Å². The molecule has 2 fully saturated rings. The molecule has 0 radical (unpaired) electrons. The third-order valence-corrected chi connectivity index (χ3v) is 6.43. The highest BCUT2D eigenvalue weighted by Crippen LogP contribution is 2.32. The van der Waals surface area contributed by atoms with Gasteiger partial charge in [-0.15, -0.1) is 0 Å². The summed E-state index contributed by atoms with van der Waals surface area (Å²) in [6, 6.07) is 19.7. The van der Waals surface area contributed by atoms with Gasteiger partial charge < -0.3 is 18.8 Å². The van der Waals surface area contributed by atoms with Crippen LogP contribution in [-0.2, 0) is 6.54 Å². The Morgan fingerprint density at radius 1 is 0.938 bits per heavy atom. The number of methoxy groups -OCH3 is 1. The molecule has 5 rings (SSSR count). The van der Waals surface area contributed by atoms with Crippen molar-refractivity contribution in [2.75, 3.05) is 13.7 Å². The second kappa shape index (κ2) is 9.11. The van der Waals surface area contributed by atoms with Crippen LogP contribution in [0.25, 0.3) is 11.3 Å². The van der Waals surface area contributed by atoms with E-state index in [-0.39, 0.29) is 11.9 Å². The van der Waals surface area contributed by atoms with E-state index < -0.39 is 0 Å². The highest BCUT2D eigenvalue weighted by atomic mass is 16.5. The SMILES string of the molecule is COc1ccc(-c2ccc(C(=O)N(Cc3ccc(OCC4CCC4)cc3)C3CC3)o2)cc1. The molecule has 1 heterocycles. The lowest BCUT2D eigenvalue weighted by Crippen LogP contribution is -2.32. The molecule has 5 heteroatoms. The summed E-state index contributed by atoms with van der Waals surface area (Å²) < 4.78 is 17.1. The van der Waals surface area contributed by atoms with Crippen molar-refractivity contribution in [2.45, 2.75) is 44.7 Å². The zero-order valence-corrected chi connectivity index (χ0v) is 18.5. The first-order chi connectivity index (χ1) is 15.7. The van der Waals surface area contributed by atoms with E-state index in [0.717, 1.165) is 42.1 Å². The summed E-state index contributed by atoms with van der Waals surface area (Å²) in [5.74, 6) is 3.41. The average Bonchev–Trinajstić information content (AvgIpc) is 3.52. The molecule has 5 nitrogen and oxygen atoms in total. The molecule has 1 aromatic heterocycles. The Bertz CT molecular complexity index is 1050. The summed E-state index contributed by atoms with van der Waals surface area (Å²) >= 11 is 0. The molecule has 166 valence electrons. The number of furan rings is 1. The predicted molar refractivity (Wildman–Crippen MR) is 123 cm³/mol. The Balaban J connectivity index is 1.24. The van der Waals surface area contributed by atoms with E-state index in [4.69, 9.17) is 13.9 Å². The molecule has 1 amide bonds. The molecule has 0 bridgehead atoms. The fraction of sp³-hybridized carbons (Fsp3) is 0.370. The van der Waals surface area contributed by atoms with E-state index in [0.29, 0.717) is 24.0 Å². The van der Waals surface area contributed by atoms with Crippen LogP contribution in [-0.4, -0.2) is 30.6 Å². The number of rotatable bonds is 9. The first-order valence-corrected chi connectivity index (χ1v) is 11.5. The number of amides is 1. The fourth-order valence-corrected chi connectivity index (χ4v) is 4.02. The minimum atomic E-state index is -0.0578. The molecule has 32 heavy (non-hydrogen) atoms. The molecule has 2 aliphatic carbocycles. The number of carbonyl (C=O) groups is 1. The Morgan fingerprint density at radius 3 is 2.28 bits per heavy atom. The number of carbonyl (C=O) groups excluding carboxylic acids is 1. The molecule has 0 aliphatic heterocycles. The summed E-state index contributed by atoms with van der Waals surface area (Å²) in [7, 11) is 1.64. The van der Waals surface area contributed by atoms with Gasteiger partial charge in [0.1, 0.15) is 17.3 Å². The van der Waals surface area contributed by atoms with Crippen molar-refractivity contribution in [3.05, 3.63) is 72.0 Å². The topological polar surface area (TPSA) is 51.9 Å². The van der Waals surface area contributed by atoms with Crippen molar-refractivity contribution in [1.29, 1.82) is 0 Å². The van der Waals surface area contributed by atoms with Gasteiger partial charge in [-0.2, -0.15) is 0 Å². The second-order valence-electron chi connectivity index (χ2n) is 8.81. The monoisotopic (exact) mass is 431 g/mol. The van der Waals surface area contributed by atoms with Gasteiger partial charge in [-0.3, -0.25) is 4.79 Å². The van der Waals surface area contributed by atoms with Crippen molar-refractivity contribution < 1.29 is 18.7 Å². The number of hydrogen-bond donors (Lipinski definition) is 0. The fourth-order valence-electron chi connectivity index (χ4n) is 4.02. The number of ether oxygens (including phenoxy) is 2. The predicted octanol–water partition coefficient (Wildman–Crippen LogP) is 5.94. The molecular formula is C27H29NO4. The molecule has 2 saturated carbocycles. The minimum Gasteiger partial charge on any atom is -0.497 e. The Hall–Kier alpha value is -3.21. The molecule has 0 unspecified atom stereocenters. The van der Waals surface area contributed by atoms with Gasteiger partial charge in [0.15, 0.2) is 5.76 Å². The van der Waals surface area contributed by atoms with E-state index >= 15 is 0 Å². The lowest BCUT2D eigenvalue weighted by molar-refractivity contribution is 0.0698. The summed E-state index contributed by atoms with van der Waals surface area (Å²) in [5, 5.41) is 0. The van der Waals surface area contributed by atoms with Crippen LogP contribution in [0, 0.1) is 5.92 Å². The first kappa shape index (κ1) is 20.7. The standard InChI is InChI=1S/C27H29NO4/c1-30-23-13-7-21(8-14-23)25-15-16-26(32-25)27(29)28(22-9-10-22)17-19-5-11-24(12-6-19)31-18-20-3-2-4-20/h5-8,11-16,20,22H,2-4,9-10,17-18H2,1H3. The van der Waals surface area contributed by atoms with Crippen LogP contribution in [0.2, 0.25) is 0 Å². The largest absolute Gasteiger partial charge is 0.497 e. The molecule has 0 N–H and O–H groups in total. The van der Waals surface area contributed by atoms with E-state index in [2.05, 4.69) is 12.1 Å². The lowest BCUT2D eigenvalue weighted by atomic mass is 9.86. The number of benzene rings is 2. The van der Waals surface area contributed by atoms with Gasteiger partial charge in [0, 0.05) is 18.2 Å². The van der Waals surface area contributed by atoms with Crippen molar-refractivity contribution in [1.82, 2.24) is 4.90 Å². The van der Waals surface area contributed by atoms with Gasteiger partial charge in [0.05, 0.1) is 13.7 Å². The van der Waals surface area contributed by atoms with Crippen LogP contribution in [0.3, 0.4) is 0 Å². The quantitative estimate of drug-likeness (QED) is 0.421. The highest BCUT2D eigenvalue weighted by Gasteiger charge is 2.34. The van der Waals surface area contributed by atoms with Gasteiger partial charge in [0.2, 0.25) is 0 Å². The van der Waals surface area contributed by atoms with Crippen LogP contribution in [0.4, 0.5) is 0 Å². The number of nitrogens with zero attached hydrogens (tertiary/aromatic N) is 1. The highest BCUT2D eigenvalue weighted by molar-refractivity contribution is 5.92. The minimum absolute atomic E-state index is 0.0578. The summed E-state index contributed by atoms with van der Waals surface area (Å²) in [6.45, 7) is 1.38. The molecule has 0 spiro atoms. The van der Waals surface area contributed by atoms with Crippen LogP contribution in [0.5, 0.6) is 11.5 Å². The molecule has 3 aromatic rings. The van der Waals surface area contributed by atoms with Gasteiger partial charge >= 0.3 is 0 Å². The maximum absolute atomic E-state index is 13.2. The van der Waals surface area contributed by atoms with Crippen molar-refractivity contribution in [3.63, 3.8) is 0 Å².